The highest BCUT2D eigenvalue weighted by molar-refractivity contribution is 5.76. The number of aryl methyl sites for hydroxylation is 1. The van der Waals surface area contributed by atoms with Gasteiger partial charge in [-0.2, -0.15) is 0 Å². The van der Waals surface area contributed by atoms with Crippen molar-refractivity contribution in [2.24, 2.45) is 0 Å². The first-order chi connectivity index (χ1) is 7.68. The lowest BCUT2D eigenvalue weighted by molar-refractivity contribution is -0.122. The van der Waals surface area contributed by atoms with Crippen LogP contribution in [0, 0.1) is 0 Å². The largest absolute Gasteiger partial charge is 0.355 e. The van der Waals surface area contributed by atoms with Crippen molar-refractivity contribution in [3.05, 3.63) is 18.2 Å². The van der Waals surface area contributed by atoms with Crippen LogP contribution in [0.2, 0.25) is 0 Å². The molecule has 16 heavy (non-hydrogen) atoms. The van der Waals surface area contributed by atoms with Crippen molar-refractivity contribution in [1.82, 2.24) is 20.6 Å². The molecule has 0 saturated heterocycles. The molecule has 0 aliphatic rings. The number of H-pyrrole nitrogens is 1. The van der Waals surface area contributed by atoms with Crippen LogP contribution < -0.4 is 10.6 Å². The number of rotatable bonds is 6. The van der Waals surface area contributed by atoms with E-state index >= 15 is 0 Å². The van der Waals surface area contributed by atoms with E-state index in [0.29, 0.717) is 25.9 Å². The van der Waals surface area contributed by atoms with Crippen LogP contribution in [0.1, 0.15) is 19.0 Å². The summed E-state index contributed by atoms with van der Waals surface area (Å²) in [5, 5.41) is 5.31. The first kappa shape index (κ1) is 12.2. The zero-order valence-electron chi connectivity index (χ0n) is 9.25. The summed E-state index contributed by atoms with van der Waals surface area (Å²) in [6, 6.07) is 0. The standard InChI is InChI=1S/C10H16N4O2/c1-8(15)12-4-5-13-10(16)3-2-9-6-11-7-14-9/h6-7H,2-5H2,1H3,(H,11,14)(H,12,15)(H,13,16). The van der Waals surface area contributed by atoms with Gasteiger partial charge in [-0.3, -0.25) is 9.59 Å². The average molecular weight is 224 g/mol. The molecule has 1 rings (SSSR count). The summed E-state index contributed by atoms with van der Waals surface area (Å²) in [4.78, 5) is 28.6. The van der Waals surface area contributed by atoms with Crippen LogP contribution in [0.25, 0.3) is 0 Å². The molecule has 88 valence electrons. The Morgan fingerprint density at radius 2 is 2.12 bits per heavy atom. The number of aromatic nitrogens is 2. The molecule has 0 bridgehead atoms. The second-order valence-electron chi connectivity index (χ2n) is 3.41. The summed E-state index contributed by atoms with van der Waals surface area (Å²) in [5.41, 5.74) is 0.942. The smallest absolute Gasteiger partial charge is 0.220 e. The van der Waals surface area contributed by atoms with E-state index in [1.807, 2.05) is 0 Å². The number of aromatic amines is 1. The predicted octanol–water partition coefficient (Wildman–Crippen LogP) is -0.405. The Kier molecular flexibility index (Phi) is 5.04. The highest BCUT2D eigenvalue weighted by atomic mass is 16.2. The maximum Gasteiger partial charge on any atom is 0.220 e. The third-order valence-corrected chi connectivity index (χ3v) is 2.00. The van der Waals surface area contributed by atoms with Crippen molar-refractivity contribution in [3.63, 3.8) is 0 Å². The Morgan fingerprint density at radius 1 is 1.38 bits per heavy atom. The first-order valence-corrected chi connectivity index (χ1v) is 5.17. The number of nitrogens with zero attached hydrogens (tertiary/aromatic N) is 1. The number of carbonyl (C=O) groups excluding carboxylic acids is 2. The van der Waals surface area contributed by atoms with E-state index in [0.717, 1.165) is 5.69 Å². The van der Waals surface area contributed by atoms with Gasteiger partial charge in [0.1, 0.15) is 0 Å². The topological polar surface area (TPSA) is 86.9 Å². The summed E-state index contributed by atoms with van der Waals surface area (Å²) in [6.45, 7) is 2.37. The van der Waals surface area contributed by atoms with Gasteiger partial charge in [0.2, 0.25) is 11.8 Å². The molecule has 0 unspecified atom stereocenters. The highest BCUT2D eigenvalue weighted by Crippen LogP contribution is 1.95. The average Bonchev–Trinajstić information content (AvgIpc) is 2.74. The van der Waals surface area contributed by atoms with Crippen molar-refractivity contribution in [2.75, 3.05) is 13.1 Å². The Bertz CT molecular complexity index is 335. The van der Waals surface area contributed by atoms with E-state index in [4.69, 9.17) is 0 Å². The molecule has 6 heteroatoms. The maximum absolute atomic E-state index is 11.3. The van der Waals surface area contributed by atoms with E-state index < -0.39 is 0 Å². The SMILES string of the molecule is CC(=O)NCCNC(=O)CCc1cnc[nH]1. The van der Waals surface area contributed by atoms with Gasteiger partial charge in [0.25, 0.3) is 0 Å². The molecule has 0 atom stereocenters. The van der Waals surface area contributed by atoms with Crippen LogP contribution in [0.5, 0.6) is 0 Å². The highest BCUT2D eigenvalue weighted by Gasteiger charge is 2.02. The van der Waals surface area contributed by atoms with E-state index in [1.54, 1.807) is 12.5 Å². The van der Waals surface area contributed by atoms with Crippen molar-refractivity contribution in [3.8, 4) is 0 Å². The minimum Gasteiger partial charge on any atom is -0.355 e. The van der Waals surface area contributed by atoms with Crippen molar-refractivity contribution in [1.29, 1.82) is 0 Å². The number of hydrogen-bond donors (Lipinski definition) is 3. The first-order valence-electron chi connectivity index (χ1n) is 5.17. The lowest BCUT2D eigenvalue weighted by atomic mass is 10.2. The van der Waals surface area contributed by atoms with Gasteiger partial charge < -0.3 is 15.6 Å². The molecule has 0 saturated carbocycles. The van der Waals surface area contributed by atoms with Crippen LogP contribution in [0.4, 0.5) is 0 Å². The molecule has 1 aromatic heterocycles. The molecular formula is C10H16N4O2. The van der Waals surface area contributed by atoms with Gasteiger partial charge in [0.05, 0.1) is 6.33 Å². The van der Waals surface area contributed by atoms with E-state index in [-0.39, 0.29) is 11.8 Å². The van der Waals surface area contributed by atoms with Crippen LogP contribution in [0.15, 0.2) is 12.5 Å². The Labute approximate surface area is 93.8 Å². The van der Waals surface area contributed by atoms with E-state index in [2.05, 4.69) is 20.6 Å². The summed E-state index contributed by atoms with van der Waals surface area (Å²) in [5.74, 6) is -0.119. The monoisotopic (exact) mass is 224 g/mol. The second-order valence-corrected chi connectivity index (χ2v) is 3.41. The van der Waals surface area contributed by atoms with Crippen molar-refractivity contribution in [2.45, 2.75) is 19.8 Å². The third kappa shape index (κ3) is 5.14. The molecule has 0 aromatic carbocycles. The number of hydrogen-bond acceptors (Lipinski definition) is 3. The van der Waals surface area contributed by atoms with Gasteiger partial charge in [0, 0.05) is 38.3 Å². The number of imidazole rings is 1. The Hall–Kier alpha value is -1.85. The molecular weight excluding hydrogens is 208 g/mol. The van der Waals surface area contributed by atoms with Crippen LogP contribution in [0.3, 0.4) is 0 Å². The maximum atomic E-state index is 11.3. The Morgan fingerprint density at radius 3 is 2.75 bits per heavy atom. The van der Waals surface area contributed by atoms with Crippen LogP contribution in [-0.2, 0) is 16.0 Å². The van der Waals surface area contributed by atoms with Crippen molar-refractivity contribution >= 4 is 11.8 Å². The molecule has 0 aliphatic heterocycles. The fourth-order valence-electron chi connectivity index (χ4n) is 1.20. The van der Waals surface area contributed by atoms with Gasteiger partial charge >= 0.3 is 0 Å². The van der Waals surface area contributed by atoms with Crippen LogP contribution >= 0.6 is 0 Å². The molecule has 1 heterocycles. The third-order valence-electron chi connectivity index (χ3n) is 2.00. The molecule has 1 aromatic rings. The lowest BCUT2D eigenvalue weighted by Gasteiger charge is -2.04. The number of amides is 2. The lowest BCUT2D eigenvalue weighted by Crippen LogP contribution is -2.33. The fraction of sp³-hybridized carbons (Fsp3) is 0.500. The van der Waals surface area contributed by atoms with E-state index in [1.165, 1.54) is 6.92 Å². The molecule has 0 spiro atoms. The summed E-state index contributed by atoms with van der Waals surface area (Å²) in [6.07, 6.45) is 4.35. The summed E-state index contributed by atoms with van der Waals surface area (Å²) >= 11 is 0. The van der Waals surface area contributed by atoms with Gasteiger partial charge in [-0.15, -0.1) is 0 Å². The molecule has 2 amide bonds. The number of carbonyl (C=O) groups is 2. The second kappa shape index (κ2) is 6.60. The minimum absolute atomic E-state index is 0.0278. The van der Waals surface area contributed by atoms with Crippen molar-refractivity contribution < 1.29 is 9.59 Å². The van der Waals surface area contributed by atoms with E-state index in [9.17, 15) is 9.59 Å². The van der Waals surface area contributed by atoms with Gasteiger partial charge in [-0.25, -0.2) is 4.98 Å². The molecule has 0 aliphatic carbocycles. The van der Waals surface area contributed by atoms with Gasteiger partial charge in [0.15, 0.2) is 0 Å². The summed E-state index contributed by atoms with van der Waals surface area (Å²) in [7, 11) is 0. The number of nitrogens with one attached hydrogen (secondary N) is 3. The van der Waals surface area contributed by atoms with Crippen LogP contribution in [-0.4, -0.2) is 34.9 Å². The summed E-state index contributed by atoms with van der Waals surface area (Å²) < 4.78 is 0. The Balaban J connectivity index is 2.05. The van der Waals surface area contributed by atoms with Gasteiger partial charge in [-0.05, 0) is 6.42 Å². The zero-order chi connectivity index (χ0) is 11.8. The minimum atomic E-state index is -0.0910. The van der Waals surface area contributed by atoms with Gasteiger partial charge in [-0.1, -0.05) is 0 Å². The zero-order valence-corrected chi connectivity index (χ0v) is 9.25. The quantitative estimate of drug-likeness (QED) is 0.574. The molecule has 0 fully saturated rings. The molecule has 6 nitrogen and oxygen atoms in total. The molecule has 0 radical (unpaired) electrons. The molecule has 3 N–H and O–H groups in total. The normalized spacial score (nSPS) is 9.81. The fourth-order valence-corrected chi connectivity index (χ4v) is 1.20. The predicted molar refractivity (Wildman–Crippen MR) is 58.6 cm³/mol.